The summed E-state index contributed by atoms with van der Waals surface area (Å²) >= 11 is 0. The molecule has 0 atom stereocenters. The van der Waals surface area contributed by atoms with E-state index in [4.69, 9.17) is 0 Å². The lowest BCUT2D eigenvalue weighted by Gasteiger charge is -2.28. The second-order valence-electron chi connectivity index (χ2n) is 9.85. The summed E-state index contributed by atoms with van der Waals surface area (Å²) in [5, 5.41) is 0. The molecule has 0 aromatic carbocycles. The molecule has 0 spiro atoms. The first kappa shape index (κ1) is 19.3. The highest BCUT2D eigenvalue weighted by Crippen LogP contribution is 2.19. The van der Waals surface area contributed by atoms with Gasteiger partial charge in [0.1, 0.15) is 0 Å². The molecular weight excluding hydrogens is 313 g/mol. The van der Waals surface area contributed by atoms with Gasteiger partial charge in [-0.25, -0.2) is 0 Å². The summed E-state index contributed by atoms with van der Waals surface area (Å²) in [4.78, 5) is 0. The van der Waals surface area contributed by atoms with Gasteiger partial charge in [-0.1, -0.05) is 75.9 Å². The van der Waals surface area contributed by atoms with E-state index < -0.39 is 24.2 Å². The fraction of sp³-hybridized carbons (Fsp3) is 1.00. The van der Waals surface area contributed by atoms with E-state index in [0.717, 1.165) is 0 Å². The lowest BCUT2D eigenvalue weighted by molar-refractivity contribution is 1.55. The summed E-state index contributed by atoms with van der Waals surface area (Å²) in [6.45, 7) is 23.5. The Kier molecular flexibility index (Phi) is 7.88. The molecule has 0 nitrogen and oxygen atoms in total. The van der Waals surface area contributed by atoms with Gasteiger partial charge in [0, 0.05) is 50.1 Å². The van der Waals surface area contributed by atoms with Gasteiger partial charge in [-0.3, -0.25) is 0 Å². The average Bonchev–Trinajstić information content (AvgIpc) is 1.93. The van der Waals surface area contributed by atoms with Crippen molar-refractivity contribution in [1.82, 2.24) is 0 Å². The predicted molar refractivity (Wildman–Crippen MR) is 109 cm³/mol. The summed E-state index contributed by atoms with van der Waals surface area (Å²) in [6.07, 6.45) is 0. The van der Waals surface area contributed by atoms with Crippen LogP contribution in [0.2, 0.25) is 75.9 Å². The zero-order valence-electron chi connectivity index (χ0n) is 14.6. The minimum Gasteiger partial charge on any atom is -0.0698 e. The second-order valence-corrected chi connectivity index (χ2v) is 46.0. The van der Waals surface area contributed by atoms with Crippen LogP contribution >= 0.6 is 0 Å². The van der Waals surface area contributed by atoms with Gasteiger partial charge in [0.05, 0.1) is 0 Å². The molecule has 0 saturated carbocycles. The minimum absolute atomic E-state index is 0.227. The third kappa shape index (κ3) is 13.7. The van der Waals surface area contributed by atoms with Crippen molar-refractivity contribution in [3.63, 3.8) is 0 Å². The maximum absolute atomic E-state index is 2.62. The van der Waals surface area contributed by atoms with Gasteiger partial charge in [-0.05, 0) is 0 Å². The van der Waals surface area contributed by atoms with Gasteiger partial charge < -0.3 is 0 Å². The van der Waals surface area contributed by atoms with E-state index in [2.05, 4.69) is 58.9 Å². The Bertz CT molecular complexity index is 216. The fourth-order valence-electron chi connectivity index (χ4n) is 2.93. The van der Waals surface area contributed by atoms with Crippen molar-refractivity contribution in [2.45, 2.75) is 75.9 Å². The maximum atomic E-state index is 2.62. The molecule has 0 amide bonds. The van der Waals surface area contributed by atoms with Crippen molar-refractivity contribution in [3.05, 3.63) is 0 Å². The van der Waals surface area contributed by atoms with Crippen LogP contribution < -0.4 is 0 Å². The average molecular weight is 351 g/mol. The molecule has 0 rings (SSSR count). The third-order valence-electron chi connectivity index (χ3n) is 3.34. The molecule has 110 valence electrons. The highest BCUT2D eigenvalue weighted by molar-refractivity contribution is 7.40. The Morgan fingerprint density at radius 2 is 1.06 bits per heavy atom. The largest absolute Gasteiger partial charge is 0.0698 e. The van der Waals surface area contributed by atoms with Crippen LogP contribution in [0.25, 0.3) is 0 Å². The Hall–Kier alpha value is 1.30. The van der Waals surface area contributed by atoms with Gasteiger partial charge in [0.25, 0.3) is 0 Å². The first-order valence-electron chi connectivity index (χ1n) is 7.79. The van der Waals surface area contributed by atoms with Gasteiger partial charge >= 0.3 is 0 Å². The van der Waals surface area contributed by atoms with Gasteiger partial charge in [-0.2, -0.15) is 0 Å². The standard InChI is InChI=1S/C12H38Si6/c1-16(2,3)10-13-14-15(11-17(4,5)6)12-18(7,8)9/h15H,10-14H2,1-9H3. The van der Waals surface area contributed by atoms with Crippen molar-refractivity contribution in [2.24, 2.45) is 0 Å². The van der Waals surface area contributed by atoms with Crippen LogP contribution in [-0.2, 0) is 0 Å². The Morgan fingerprint density at radius 1 is 0.667 bits per heavy atom. The van der Waals surface area contributed by atoms with Gasteiger partial charge in [-0.15, -0.1) is 0 Å². The van der Waals surface area contributed by atoms with Gasteiger partial charge in [0.15, 0.2) is 0 Å². The van der Waals surface area contributed by atoms with Crippen molar-refractivity contribution in [1.29, 1.82) is 0 Å². The molecule has 0 radical (unpaired) electrons. The molecular formula is C12H38Si6. The lowest BCUT2D eigenvalue weighted by atomic mass is 11.7. The second kappa shape index (κ2) is 7.35. The van der Waals surface area contributed by atoms with Gasteiger partial charge in [0.2, 0.25) is 0 Å². The summed E-state index contributed by atoms with van der Waals surface area (Å²) in [7, 11) is -1.56. The molecule has 0 aliphatic rings. The molecule has 0 aliphatic heterocycles. The summed E-state index contributed by atoms with van der Waals surface area (Å²) in [6, 6.07) is 0. The molecule has 0 bridgehead atoms. The lowest BCUT2D eigenvalue weighted by Crippen LogP contribution is -2.43. The first-order chi connectivity index (χ1) is 7.79. The highest BCUT2D eigenvalue weighted by Gasteiger charge is 2.27. The monoisotopic (exact) mass is 350 g/mol. The SMILES string of the molecule is C[Si](C)(C)C[SiH2][SiH2][SiH](C[Si](C)(C)C)C[Si](C)(C)C. The number of hydrogen-bond acceptors (Lipinski definition) is 0. The maximum Gasteiger partial charge on any atom is 0.0411 e. The van der Waals surface area contributed by atoms with Crippen LogP contribution in [-0.4, -0.2) is 50.1 Å². The van der Waals surface area contributed by atoms with Crippen molar-refractivity contribution in [2.75, 3.05) is 0 Å². The normalized spacial score (nSPS) is 15.7. The van der Waals surface area contributed by atoms with E-state index in [9.17, 15) is 0 Å². The van der Waals surface area contributed by atoms with E-state index in [1.807, 2.05) is 0 Å². The molecule has 0 unspecified atom stereocenters. The van der Waals surface area contributed by atoms with Crippen molar-refractivity contribution in [3.8, 4) is 0 Å². The number of rotatable bonds is 8. The van der Waals surface area contributed by atoms with Crippen LogP contribution in [0, 0.1) is 0 Å². The quantitative estimate of drug-likeness (QED) is 0.590. The smallest absolute Gasteiger partial charge is 0.0411 e. The Morgan fingerprint density at radius 3 is 1.33 bits per heavy atom. The molecule has 18 heavy (non-hydrogen) atoms. The fourth-order valence-corrected chi connectivity index (χ4v) is 80.0. The van der Waals surface area contributed by atoms with E-state index in [1.54, 1.807) is 17.0 Å². The van der Waals surface area contributed by atoms with E-state index >= 15 is 0 Å². The third-order valence-corrected chi connectivity index (χ3v) is 49.5. The Labute approximate surface area is 126 Å². The zero-order chi connectivity index (χ0) is 14.6. The van der Waals surface area contributed by atoms with Crippen molar-refractivity contribution >= 4 is 50.1 Å². The van der Waals surface area contributed by atoms with Crippen LogP contribution in [0.4, 0.5) is 0 Å². The molecule has 6 heteroatoms. The molecule has 0 aromatic heterocycles. The van der Waals surface area contributed by atoms with Crippen LogP contribution in [0.15, 0.2) is 0 Å². The number of hydrogen-bond donors (Lipinski definition) is 0. The summed E-state index contributed by atoms with van der Waals surface area (Å²) in [5.74, 6) is 0. The van der Waals surface area contributed by atoms with E-state index in [1.165, 1.54) is 0 Å². The van der Waals surface area contributed by atoms with Crippen molar-refractivity contribution < 1.29 is 0 Å². The summed E-state index contributed by atoms with van der Waals surface area (Å²) < 4.78 is 0. The molecule has 0 saturated heterocycles. The van der Waals surface area contributed by atoms with Crippen LogP contribution in [0.1, 0.15) is 0 Å². The molecule has 0 fully saturated rings. The molecule has 0 N–H and O–H groups in total. The van der Waals surface area contributed by atoms with E-state index in [0.29, 0.717) is 17.6 Å². The topological polar surface area (TPSA) is 0 Å². The molecule has 0 aromatic rings. The predicted octanol–water partition coefficient (Wildman–Crippen LogP) is 3.01. The minimum atomic E-state index is -0.764. The Balaban J connectivity index is 4.31. The highest BCUT2D eigenvalue weighted by atomic mass is 29.5. The van der Waals surface area contributed by atoms with Crippen LogP contribution in [0.5, 0.6) is 0 Å². The molecule has 0 heterocycles. The van der Waals surface area contributed by atoms with E-state index in [-0.39, 0.29) is 8.31 Å². The first-order valence-corrected chi connectivity index (χ1v) is 28.8. The molecule has 0 aliphatic carbocycles. The zero-order valence-corrected chi connectivity index (χ0v) is 21.6. The summed E-state index contributed by atoms with van der Waals surface area (Å²) in [5.41, 5.74) is 5.35. The van der Waals surface area contributed by atoms with Crippen LogP contribution in [0.3, 0.4) is 0 Å².